The van der Waals surface area contributed by atoms with Gasteiger partial charge in [-0.25, -0.2) is 0 Å². The molecule has 11 heavy (non-hydrogen) atoms. The summed E-state index contributed by atoms with van der Waals surface area (Å²) in [4.78, 5) is 0. The van der Waals surface area contributed by atoms with Crippen LogP contribution >= 0.6 is 0 Å². The van der Waals surface area contributed by atoms with Gasteiger partial charge in [0.1, 0.15) is 0 Å². The van der Waals surface area contributed by atoms with Crippen LogP contribution in [0, 0.1) is 22.7 Å². The van der Waals surface area contributed by atoms with E-state index < -0.39 is 0 Å². The summed E-state index contributed by atoms with van der Waals surface area (Å²) >= 11 is 0. The van der Waals surface area contributed by atoms with Crippen LogP contribution in [0.25, 0.3) is 0 Å². The molecule has 0 amide bonds. The van der Waals surface area contributed by atoms with Gasteiger partial charge in [-0.1, -0.05) is 13.8 Å². The van der Waals surface area contributed by atoms with E-state index in [1.54, 1.807) is 32.1 Å². The maximum absolute atomic E-state index is 2.51. The minimum atomic E-state index is 0.731. The van der Waals surface area contributed by atoms with Crippen molar-refractivity contribution >= 4 is 0 Å². The lowest BCUT2D eigenvalue weighted by Gasteiger charge is -2.61. The highest BCUT2D eigenvalue weighted by Gasteiger charge is 2.65. The summed E-state index contributed by atoms with van der Waals surface area (Å²) in [7, 11) is 0. The fraction of sp³-hybridized carbons (Fsp3) is 1.00. The second-order valence-corrected chi connectivity index (χ2v) is 5.71. The highest BCUT2D eigenvalue weighted by atomic mass is 14.7. The highest BCUT2D eigenvalue weighted by molar-refractivity contribution is 5.14. The monoisotopic (exact) mass is 150 g/mol. The summed E-state index contributed by atoms with van der Waals surface area (Å²) in [5, 5.41) is 0. The maximum Gasteiger partial charge on any atom is -0.0263 e. The van der Waals surface area contributed by atoms with Gasteiger partial charge in [-0.3, -0.25) is 0 Å². The van der Waals surface area contributed by atoms with Crippen molar-refractivity contribution < 1.29 is 0 Å². The van der Waals surface area contributed by atoms with Crippen molar-refractivity contribution in [3.63, 3.8) is 0 Å². The molecule has 2 atom stereocenters. The number of hydrogen-bond acceptors (Lipinski definition) is 0. The Balaban J connectivity index is 1.94. The van der Waals surface area contributed by atoms with Crippen LogP contribution in [-0.4, -0.2) is 0 Å². The first-order chi connectivity index (χ1) is 5.15. The summed E-state index contributed by atoms with van der Waals surface area (Å²) < 4.78 is 0. The molecule has 0 heterocycles. The average molecular weight is 150 g/mol. The van der Waals surface area contributed by atoms with Crippen molar-refractivity contribution in [2.75, 3.05) is 0 Å². The van der Waals surface area contributed by atoms with Crippen molar-refractivity contribution in [1.82, 2.24) is 0 Å². The largest absolute Gasteiger partial charge is 0.0594 e. The fourth-order valence-electron chi connectivity index (χ4n) is 3.94. The van der Waals surface area contributed by atoms with Crippen molar-refractivity contribution in [2.24, 2.45) is 22.7 Å². The lowest BCUT2D eigenvalue weighted by atomic mass is 9.44. The molecule has 4 aliphatic carbocycles. The molecule has 62 valence electrons. The van der Waals surface area contributed by atoms with E-state index in [-0.39, 0.29) is 0 Å². The van der Waals surface area contributed by atoms with Gasteiger partial charge in [0.05, 0.1) is 0 Å². The minimum absolute atomic E-state index is 0.731. The van der Waals surface area contributed by atoms with Gasteiger partial charge in [0.25, 0.3) is 0 Å². The molecule has 4 fully saturated rings. The number of rotatable bonds is 0. The molecule has 0 unspecified atom stereocenters. The molecular formula is C11H18. The van der Waals surface area contributed by atoms with Crippen LogP contribution in [-0.2, 0) is 0 Å². The van der Waals surface area contributed by atoms with Gasteiger partial charge < -0.3 is 0 Å². The summed E-state index contributed by atoms with van der Waals surface area (Å²) in [6, 6.07) is 0. The Hall–Kier alpha value is 0. The van der Waals surface area contributed by atoms with Gasteiger partial charge in [-0.2, -0.15) is 0 Å². The second kappa shape index (κ2) is 1.53. The molecule has 0 radical (unpaired) electrons. The predicted molar refractivity (Wildman–Crippen MR) is 46.3 cm³/mol. The van der Waals surface area contributed by atoms with Gasteiger partial charge >= 0.3 is 0 Å². The quantitative estimate of drug-likeness (QED) is 0.497. The first kappa shape index (κ1) is 6.51. The van der Waals surface area contributed by atoms with E-state index in [0.717, 1.165) is 22.7 Å². The Kier molecular flexibility index (Phi) is 0.906. The van der Waals surface area contributed by atoms with E-state index in [2.05, 4.69) is 13.8 Å². The number of fused-ring (bicyclic) bond motifs is 1. The maximum atomic E-state index is 2.51. The predicted octanol–water partition coefficient (Wildman–Crippen LogP) is 3.22. The van der Waals surface area contributed by atoms with E-state index in [0.29, 0.717) is 0 Å². The van der Waals surface area contributed by atoms with Crippen molar-refractivity contribution in [3.8, 4) is 0 Å². The molecule has 4 saturated carbocycles. The Morgan fingerprint density at radius 3 is 2.18 bits per heavy atom. The zero-order chi connectivity index (χ0) is 7.69. The SMILES string of the molecule is CC1(C)[C@H]2CCC3(CC3)[C@H]1C2. The van der Waals surface area contributed by atoms with Crippen molar-refractivity contribution in [1.29, 1.82) is 0 Å². The van der Waals surface area contributed by atoms with Crippen LogP contribution in [0.1, 0.15) is 46.0 Å². The third-order valence-electron chi connectivity index (χ3n) is 5.09. The van der Waals surface area contributed by atoms with E-state index in [4.69, 9.17) is 0 Å². The molecular weight excluding hydrogens is 132 g/mol. The summed E-state index contributed by atoms with van der Waals surface area (Å²) in [6.45, 7) is 5.01. The molecule has 2 bridgehead atoms. The summed E-state index contributed by atoms with van der Waals surface area (Å²) in [5.74, 6) is 2.22. The first-order valence-electron chi connectivity index (χ1n) is 5.15. The zero-order valence-corrected chi connectivity index (χ0v) is 7.69. The lowest BCUT2D eigenvalue weighted by Crippen LogP contribution is -2.53. The molecule has 0 nitrogen and oxygen atoms in total. The third kappa shape index (κ3) is 0.588. The molecule has 0 saturated heterocycles. The Bertz CT molecular complexity index is 194. The van der Waals surface area contributed by atoms with Crippen LogP contribution in [0.3, 0.4) is 0 Å². The van der Waals surface area contributed by atoms with E-state index in [9.17, 15) is 0 Å². The first-order valence-corrected chi connectivity index (χ1v) is 5.15. The van der Waals surface area contributed by atoms with Gasteiger partial charge in [-0.15, -0.1) is 0 Å². The lowest BCUT2D eigenvalue weighted by molar-refractivity contribution is -0.116. The molecule has 0 heteroatoms. The summed E-state index contributed by atoms with van der Waals surface area (Å²) in [5.41, 5.74) is 1.62. The van der Waals surface area contributed by atoms with Gasteiger partial charge in [0.2, 0.25) is 0 Å². The van der Waals surface area contributed by atoms with Crippen LogP contribution in [0.2, 0.25) is 0 Å². The summed E-state index contributed by atoms with van der Waals surface area (Å²) in [6.07, 6.45) is 7.82. The Labute approximate surface area is 69.4 Å². The molecule has 0 aromatic rings. The van der Waals surface area contributed by atoms with Gasteiger partial charge in [-0.05, 0) is 54.8 Å². The minimum Gasteiger partial charge on any atom is -0.0594 e. The molecule has 0 aromatic heterocycles. The van der Waals surface area contributed by atoms with Crippen LogP contribution in [0.5, 0.6) is 0 Å². The average Bonchev–Trinajstić information content (AvgIpc) is 2.69. The topological polar surface area (TPSA) is 0 Å². The number of hydrogen-bond donors (Lipinski definition) is 0. The molecule has 1 spiro atoms. The molecule has 4 rings (SSSR count). The van der Waals surface area contributed by atoms with Gasteiger partial charge in [0, 0.05) is 0 Å². The zero-order valence-electron chi connectivity index (χ0n) is 7.69. The molecule has 0 N–H and O–H groups in total. The second-order valence-electron chi connectivity index (χ2n) is 5.71. The fourth-order valence-corrected chi connectivity index (χ4v) is 3.94. The van der Waals surface area contributed by atoms with Gasteiger partial charge in [0.15, 0.2) is 0 Å². The van der Waals surface area contributed by atoms with E-state index in [1.807, 2.05) is 0 Å². The molecule has 4 aliphatic rings. The van der Waals surface area contributed by atoms with Crippen LogP contribution < -0.4 is 0 Å². The highest BCUT2D eigenvalue weighted by Crippen LogP contribution is 2.74. The van der Waals surface area contributed by atoms with Crippen LogP contribution in [0.4, 0.5) is 0 Å². The third-order valence-corrected chi connectivity index (χ3v) is 5.09. The molecule has 0 aromatic carbocycles. The van der Waals surface area contributed by atoms with E-state index >= 15 is 0 Å². The van der Waals surface area contributed by atoms with Crippen molar-refractivity contribution in [3.05, 3.63) is 0 Å². The Morgan fingerprint density at radius 2 is 1.82 bits per heavy atom. The smallest absolute Gasteiger partial charge is 0.0263 e. The van der Waals surface area contributed by atoms with Crippen LogP contribution in [0.15, 0.2) is 0 Å². The standard InChI is InChI=1S/C11H18/c1-10(2)8-3-4-11(5-6-11)9(10)7-8/h8-9H,3-7H2,1-2H3/t8-,9-/m0/s1. The molecule has 0 aliphatic heterocycles. The normalized spacial score (nSPS) is 48.5. The van der Waals surface area contributed by atoms with E-state index in [1.165, 1.54) is 0 Å². The van der Waals surface area contributed by atoms with Crippen molar-refractivity contribution in [2.45, 2.75) is 46.0 Å². The Morgan fingerprint density at radius 1 is 1.09 bits per heavy atom.